The minimum absolute atomic E-state index is 0.0179. The van der Waals surface area contributed by atoms with Crippen LogP contribution in [0.25, 0.3) is 0 Å². The molecule has 0 atom stereocenters. The van der Waals surface area contributed by atoms with Crippen molar-refractivity contribution in [3.63, 3.8) is 0 Å². The van der Waals surface area contributed by atoms with Gasteiger partial charge in [-0.1, -0.05) is 53.4 Å². The summed E-state index contributed by atoms with van der Waals surface area (Å²) < 4.78 is 5.25. The lowest BCUT2D eigenvalue weighted by molar-refractivity contribution is -0.145. The van der Waals surface area contributed by atoms with E-state index in [4.69, 9.17) is 4.74 Å². The zero-order chi connectivity index (χ0) is 12.4. The van der Waals surface area contributed by atoms with Crippen LogP contribution < -0.4 is 0 Å². The first kappa shape index (κ1) is 15.5. The fourth-order valence-corrected chi connectivity index (χ4v) is 1.63. The van der Waals surface area contributed by atoms with Gasteiger partial charge in [0.25, 0.3) is 0 Å². The summed E-state index contributed by atoms with van der Waals surface area (Å²) in [7, 11) is 0. The second kappa shape index (κ2) is 9.68. The molecule has 0 rings (SSSR count). The van der Waals surface area contributed by atoms with Gasteiger partial charge in [0.1, 0.15) is 0 Å². The summed E-state index contributed by atoms with van der Waals surface area (Å²) in [5, 5.41) is 0. The van der Waals surface area contributed by atoms with Gasteiger partial charge in [0.15, 0.2) is 0 Å². The van der Waals surface area contributed by atoms with Gasteiger partial charge in [0.2, 0.25) is 0 Å². The molecule has 2 nitrogen and oxygen atoms in total. The third-order valence-corrected chi connectivity index (χ3v) is 3.05. The van der Waals surface area contributed by atoms with Crippen LogP contribution in [0.4, 0.5) is 0 Å². The number of unbranched alkanes of at least 4 members (excludes halogenated alkanes) is 1. The zero-order valence-corrected chi connectivity index (χ0v) is 11.4. The third-order valence-electron chi connectivity index (χ3n) is 3.05. The van der Waals surface area contributed by atoms with Crippen LogP contribution in [0, 0.1) is 11.8 Å². The molecule has 0 aliphatic carbocycles. The zero-order valence-electron chi connectivity index (χ0n) is 11.4. The van der Waals surface area contributed by atoms with Crippen LogP contribution in [0.2, 0.25) is 0 Å². The number of rotatable bonds is 9. The molecule has 0 aliphatic heterocycles. The average Bonchev–Trinajstić information content (AvgIpc) is 2.25. The minimum Gasteiger partial charge on any atom is -0.465 e. The van der Waals surface area contributed by atoms with Crippen molar-refractivity contribution in [1.29, 1.82) is 0 Å². The molecule has 0 aromatic carbocycles. The molecule has 0 bridgehead atoms. The van der Waals surface area contributed by atoms with Crippen LogP contribution in [0.3, 0.4) is 0 Å². The van der Waals surface area contributed by atoms with E-state index in [1.54, 1.807) is 0 Å². The van der Waals surface area contributed by atoms with Crippen LogP contribution in [0.1, 0.15) is 66.2 Å². The van der Waals surface area contributed by atoms with E-state index in [1.165, 1.54) is 6.42 Å². The minimum atomic E-state index is -0.0179. The van der Waals surface area contributed by atoms with Crippen molar-refractivity contribution < 1.29 is 9.53 Å². The molecular weight excluding hydrogens is 200 g/mol. The summed E-state index contributed by atoms with van der Waals surface area (Å²) in [6.45, 7) is 9.32. The first-order valence-electron chi connectivity index (χ1n) is 6.75. The lowest BCUT2D eigenvalue weighted by atomic mass is 10.0. The maximum atomic E-state index is 11.4. The summed E-state index contributed by atoms with van der Waals surface area (Å²) in [6.07, 6.45) is 6.10. The van der Waals surface area contributed by atoms with Crippen molar-refractivity contribution in [2.75, 3.05) is 6.61 Å². The Morgan fingerprint density at radius 2 is 1.75 bits per heavy atom. The van der Waals surface area contributed by atoms with E-state index < -0.39 is 0 Å². The summed E-state index contributed by atoms with van der Waals surface area (Å²) in [4.78, 5) is 11.4. The molecule has 0 radical (unpaired) electrons. The highest BCUT2D eigenvalue weighted by Crippen LogP contribution is 2.11. The van der Waals surface area contributed by atoms with Gasteiger partial charge in [-0.05, 0) is 18.3 Å². The van der Waals surface area contributed by atoms with Crippen LogP contribution in [0.15, 0.2) is 0 Å². The molecule has 16 heavy (non-hydrogen) atoms. The Morgan fingerprint density at radius 1 is 1.12 bits per heavy atom. The largest absolute Gasteiger partial charge is 0.465 e. The number of hydrogen-bond donors (Lipinski definition) is 0. The lowest BCUT2D eigenvalue weighted by Gasteiger charge is -2.12. The van der Waals surface area contributed by atoms with Gasteiger partial charge in [-0.3, -0.25) is 4.79 Å². The number of carbonyl (C=O) groups is 1. The first-order valence-corrected chi connectivity index (χ1v) is 6.75. The highest BCUT2D eigenvalue weighted by Gasteiger charge is 2.08. The fraction of sp³-hybridized carbons (Fsp3) is 0.929. The molecule has 0 heterocycles. The molecule has 0 fully saturated rings. The normalized spacial score (nSPS) is 11.1. The summed E-state index contributed by atoms with van der Waals surface area (Å²) in [6, 6.07) is 0. The van der Waals surface area contributed by atoms with Gasteiger partial charge in [-0.2, -0.15) is 0 Å². The molecule has 0 amide bonds. The first-order chi connectivity index (χ1) is 7.60. The van der Waals surface area contributed by atoms with E-state index in [-0.39, 0.29) is 5.97 Å². The number of carbonyl (C=O) groups excluding carboxylic acids is 1. The Balaban J connectivity index is 3.44. The summed E-state index contributed by atoms with van der Waals surface area (Å²) >= 11 is 0. The number of ether oxygens (including phenoxy) is 1. The second-order valence-corrected chi connectivity index (χ2v) is 5.01. The second-order valence-electron chi connectivity index (χ2n) is 5.01. The average molecular weight is 228 g/mol. The van der Waals surface area contributed by atoms with E-state index >= 15 is 0 Å². The molecule has 96 valence electrons. The summed E-state index contributed by atoms with van der Waals surface area (Å²) in [5.74, 6) is 1.26. The molecule has 0 aromatic heterocycles. The van der Waals surface area contributed by atoms with Gasteiger partial charge in [-0.25, -0.2) is 0 Å². The maximum absolute atomic E-state index is 11.4. The van der Waals surface area contributed by atoms with Crippen molar-refractivity contribution in [3.8, 4) is 0 Å². The smallest absolute Gasteiger partial charge is 0.305 e. The van der Waals surface area contributed by atoms with Crippen LogP contribution in [-0.2, 0) is 9.53 Å². The molecule has 0 saturated heterocycles. The fourth-order valence-electron chi connectivity index (χ4n) is 1.63. The van der Waals surface area contributed by atoms with Gasteiger partial charge >= 0.3 is 5.97 Å². The maximum Gasteiger partial charge on any atom is 0.305 e. The van der Waals surface area contributed by atoms with Crippen molar-refractivity contribution in [3.05, 3.63) is 0 Å². The van der Waals surface area contributed by atoms with Crippen LogP contribution in [-0.4, -0.2) is 12.6 Å². The SMILES string of the molecule is CCC(CC)COC(=O)CCCCC(C)C. The monoisotopic (exact) mass is 228 g/mol. The van der Waals surface area contributed by atoms with Gasteiger partial charge in [0.05, 0.1) is 6.61 Å². The van der Waals surface area contributed by atoms with E-state index in [1.807, 2.05) is 0 Å². The number of esters is 1. The van der Waals surface area contributed by atoms with Crippen molar-refractivity contribution >= 4 is 5.97 Å². The Hall–Kier alpha value is -0.530. The van der Waals surface area contributed by atoms with E-state index in [0.717, 1.165) is 31.6 Å². The third kappa shape index (κ3) is 8.75. The molecule has 0 aliphatic rings. The van der Waals surface area contributed by atoms with Gasteiger partial charge in [0, 0.05) is 6.42 Å². The molecule has 0 aromatic rings. The molecular formula is C14H28O2. The van der Waals surface area contributed by atoms with E-state index in [0.29, 0.717) is 18.9 Å². The highest BCUT2D eigenvalue weighted by molar-refractivity contribution is 5.69. The van der Waals surface area contributed by atoms with E-state index in [2.05, 4.69) is 27.7 Å². The standard InChI is InChI=1S/C14H28O2/c1-5-13(6-2)11-16-14(15)10-8-7-9-12(3)4/h12-13H,5-11H2,1-4H3. The van der Waals surface area contributed by atoms with Crippen LogP contribution >= 0.6 is 0 Å². The molecule has 0 saturated carbocycles. The Kier molecular flexibility index (Phi) is 9.36. The Labute approximate surface area is 101 Å². The van der Waals surface area contributed by atoms with Gasteiger partial charge in [-0.15, -0.1) is 0 Å². The van der Waals surface area contributed by atoms with Gasteiger partial charge < -0.3 is 4.74 Å². The molecule has 0 unspecified atom stereocenters. The Morgan fingerprint density at radius 3 is 2.25 bits per heavy atom. The van der Waals surface area contributed by atoms with Crippen LogP contribution in [0.5, 0.6) is 0 Å². The van der Waals surface area contributed by atoms with Crippen molar-refractivity contribution in [2.24, 2.45) is 11.8 Å². The topological polar surface area (TPSA) is 26.3 Å². The molecule has 2 heteroatoms. The Bertz CT molecular complexity index is 172. The predicted octanol–water partition coefficient (Wildman–Crippen LogP) is 4.18. The van der Waals surface area contributed by atoms with Crippen molar-refractivity contribution in [2.45, 2.75) is 66.2 Å². The lowest BCUT2D eigenvalue weighted by Crippen LogP contribution is -2.12. The highest BCUT2D eigenvalue weighted by atomic mass is 16.5. The van der Waals surface area contributed by atoms with E-state index in [9.17, 15) is 4.79 Å². The molecule has 0 spiro atoms. The molecule has 0 N–H and O–H groups in total. The number of hydrogen-bond acceptors (Lipinski definition) is 2. The van der Waals surface area contributed by atoms with Crippen molar-refractivity contribution in [1.82, 2.24) is 0 Å². The predicted molar refractivity (Wildman–Crippen MR) is 68.3 cm³/mol. The quantitative estimate of drug-likeness (QED) is 0.437. The summed E-state index contributed by atoms with van der Waals surface area (Å²) in [5.41, 5.74) is 0.